The van der Waals surface area contributed by atoms with E-state index in [1.54, 1.807) is 0 Å². The molecule has 0 aromatic heterocycles. The summed E-state index contributed by atoms with van der Waals surface area (Å²) in [5.74, 6) is 0. The van der Waals surface area contributed by atoms with Crippen LogP contribution in [0.3, 0.4) is 0 Å². The fourth-order valence-electron chi connectivity index (χ4n) is 2.55. The number of nitrogens with zero attached hydrogens (tertiary/aromatic N) is 2. The summed E-state index contributed by atoms with van der Waals surface area (Å²) in [6.07, 6.45) is 4.46. The minimum Gasteiger partial charge on any atom is -0.388 e. The maximum absolute atomic E-state index is 11.0. The summed E-state index contributed by atoms with van der Waals surface area (Å²) in [4.78, 5) is 10.5. The van der Waals surface area contributed by atoms with Crippen LogP contribution in [0.4, 0.5) is 11.4 Å². The van der Waals surface area contributed by atoms with Crippen LogP contribution in [0.25, 0.3) is 0 Å². The highest BCUT2D eigenvalue weighted by Gasteiger charge is 2.29. The average Bonchev–Trinajstić information content (AvgIpc) is 2.45. The Hall–Kier alpha value is -2.13. The molecule has 1 aliphatic rings. The zero-order chi connectivity index (χ0) is 14.6. The highest BCUT2D eigenvalue weighted by molar-refractivity contribution is 5.64. The second-order valence-electron chi connectivity index (χ2n) is 5.24. The number of nitro groups is 1. The molecule has 0 heterocycles. The lowest BCUT2D eigenvalue weighted by Gasteiger charge is -2.32. The second-order valence-corrected chi connectivity index (χ2v) is 5.24. The molecule has 0 aliphatic heterocycles. The number of nitrogens with one attached hydrogen (secondary N) is 1. The summed E-state index contributed by atoms with van der Waals surface area (Å²) in [5.41, 5.74) is -0.250. The van der Waals surface area contributed by atoms with Crippen LogP contribution in [0.5, 0.6) is 0 Å². The van der Waals surface area contributed by atoms with E-state index in [0.29, 0.717) is 18.4 Å². The number of rotatable bonds is 4. The van der Waals surface area contributed by atoms with Gasteiger partial charge in [0.25, 0.3) is 5.69 Å². The van der Waals surface area contributed by atoms with Crippen molar-refractivity contribution in [2.24, 2.45) is 0 Å². The normalized spacial score (nSPS) is 17.2. The van der Waals surface area contributed by atoms with Crippen LogP contribution in [0.2, 0.25) is 0 Å². The van der Waals surface area contributed by atoms with Gasteiger partial charge in [0.05, 0.1) is 22.2 Å². The monoisotopic (exact) mass is 275 g/mol. The van der Waals surface area contributed by atoms with Crippen LogP contribution in [0, 0.1) is 21.4 Å². The summed E-state index contributed by atoms with van der Waals surface area (Å²) in [7, 11) is 0. The van der Waals surface area contributed by atoms with Gasteiger partial charge in [-0.25, -0.2) is 0 Å². The molecule has 1 aromatic carbocycles. The summed E-state index contributed by atoms with van der Waals surface area (Å²) >= 11 is 0. The van der Waals surface area contributed by atoms with Crippen molar-refractivity contribution in [2.75, 3.05) is 11.9 Å². The molecule has 0 spiro atoms. The predicted octanol–water partition coefficient (Wildman–Crippen LogP) is 2.57. The van der Waals surface area contributed by atoms with Crippen LogP contribution in [0.15, 0.2) is 18.2 Å². The number of nitro benzene ring substituents is 1. The van der Waals surface area contributed by atoms with E-state index < -0.39 is 10.5 Å². The molecule has 106 valence electrons. The first-order chi connectivity index (χ1) is 9.54. The fraction of sp³-hybridized carbons (Fsp3) is 0.500. The van der Waals surface area contributed by atoms with E-state index in [1.807, 2.05) is 6.07 Å². The van der Waals surface area contributed by atoms with E-state index in [4.69, 9.17) is 5.26 Å². The molecule has 1 saturated carbocycles. The first-order valence-corrected chi connectivity index (χ1v) is 6.69. The van der Waals surface area contributed by atoms with Gasteiger partial charge in [0.1, 0.15) is 5.69 Å². The molecule has 1 aromatic rings. The number of aliphatic hydroxyl groups is 1. The van der Waals surface area contributed by atoms with Crippen molar-refractivity contribution in [1.82, 2.24) is 0 Å². The third-order valence-electron chi connectivity index (χ3n) is 3.71. The average molecular weight is 275 g/mol. The van der Waals surface area contributed by atoms with E-state index in [9.17, 15) is 15.2 Å². The largest absolute Gasteiger partial charge is 0.388 e. The van der Waals surface area contributed by atoms with Crippen molar-refractivity contribution in [1.29, 1.82) is 5.26 Å². The lowest BCUT2D eigenvalue weighted by atomic mass is 9.85. The molecule has 1 aliphatic carbocycles. The predicted molar refractivity (Wildman–Crippen MR) is 74.3 cm³/mol. The Morgan fingerprint density at radius 3 is 2.70 bits per heavy atom. The molecule has 0 amide bonds. The van der Waals surface area contributed by atoms with Gasteiger partial charge in [-0.05, 0) is 25.0 Å². The van der Waals surface area contributed by atoms with E-state index in [1.165, 1.54) is 18.2 Å². The molecule has 0 atom stereocenters. The van der Waals surface area contributed by atoms with E-state index in [2.05, 4.69) is 5.32 Å². The van der Waals surface area contributed by atoms with Gasteiger partial charge < -0.3 is 10.4 Å². The Labute approximate surface area is 117 Å². The molecule has 6 heteroatoms. The molecular weight excluding hydrogens is 258 g/mol. The molecule has 2 N–H and O–H groups in total. The van der Waals surface area contributed by atoms with E-state index in [0.717, 1.165) is 19.3 Å². The summed E-state index contributed by atoms with van der Waals surface area (Å²) < 4.78 is 0. The van der Waals surface area contributed by atoms with Gasteiger partial charge in [0, 0.05) is 12.6 Å². The van der Waals surface area contributed by atoms with Crippen molar-refractivity contribution in [3.63, 3.8) is 0 Å². The zero-order valence-corrected chi connectivity index (χ0v) is 11.1. The van der Waals surface area contributed by atoms with E-state index >= 15 is 0 Å². The van der Waals surface area contributed by atoms with Gasteiger partial charge in [0.15, 0.2) is 0 Å². The second kappa shape index (κ2) is 5.88. The highest BCUT2D eigenvalue weighted by Crippen LogP contribution is 2.30. The Kier molecular flexibility index (Phi) is 4.20. The SMILES string of the molecule is N#Cc1ccc([N+](=O)[O-])c(NCC2(O)CCCCC2)c1. The van der Waals surface area contributed by atoms with E-state index in [-0.39, 0.29) is 17.9 Å². The molecule has 2 rings (SSSR count). The molecule has 1 fully saturated rings. The number of hydrogen-bond donors (Lipinski definition) is 2. The third kappa shape index (κ3) is 3.25. The van der Waals surface area contributed by atoms with Gasteiger partial charge in [0.2, 0.25) is 0 Å². The minimum atomic E-state index is -0.811. The maximum atomic E-state index is 11.0. The van der Waals surface area contributed by atoms with Crippen molar-refractivity contribution >= 4 is 11.4 Å². The van der Waals surface area contributed by atoms with Crippen molar-refractivity contribution in [3.05, 3.63) is 33.9 Å². The first-order valence-electron chi connectivity index (χ1n) is 6.69. The lowest BCUT2D eigenvalue weighted by molar-refractivity contribution is -0.384. The zero-order valence-electron chi connectivity index (χ0n) is 11.1. The Morgan fingerprint density at radius 1 is 1.40 bits per heavy atom. The number of nitriles is 1. The van der Waals surface area contributed by atoms with Crippen molar-refractivity contribution < 1.29 is 10.0 Å². The fourth-order valence-corrected chi connectivity index (χ4v) is 2.55. The molecular formula is C14H17N3O3. The molecule has 0 unspecified atom stereocenters. The Bertz CT molecular complexity index is 545. The minimum absolute atomic E-state index is 0.0802. The molecule has 0 saturated heterocycles. The smallest absolute Gasteiger partial charge is 0.292 e. The van der Waals surface area contributed by atoms with Crippen LogP contribution < -0.4 is 5.32 Å². The molecule has 6 nitrogen and oxygen atoms in total. The van der Waals surface area contributed by atoms with Crippen molar-refractivity contribution in [2.45, 2.75) is 37.7 Å². The Morgan fingerprint density at radius 2 is 2.10 bits per heavy atom. The number of hydrogen-bond acceptors (Lipinski definition) is 5. The maximum Gasteiger partial charge on any atom is 0.292 e. The van der Waals surface area contributed by atoms with Gasteiger partial charge in [-0.2, -0.15) is 5.26 Å². The quantitative estimate of drug-likeness (QED) is 0.650. The summed E-state index contributed by atoms with van der Waals surface area (Å²) in [6.45, 7) is 0.267. The summed E-state index contributed by atoms with van der Waals surface area (Å²) in [6, 6.07) is 6.13. The molecule has 0 radical (unpaired) electrons. The topological polar surface area (TPSA) is 99.2 Å². The molecule has 20 heavy (non-hydrogen) atoms. The standard InChI is InChI=1S/C14H17N3O3/c15-9-11-4-5-13(17(19)20)12(8-11)16-10-14(18)6-2-1-3-7-14/h4-5,8,16,18H,1-3,6-7,10H2. The highest BCUT2D eigenvalue weighted by atomic mass is 16.6. The van der Waals surface area contributed by atoms with Crippen LogP contribution >= 0.6 is 0 Å². The number of anilines is 1. The Balaban J connectivity index is 2.15. The molecule has 0 bridgehead atoms. The van der Waals surface area contributed by atoms with Gasteiger partial charge >= 0.3 is 0 Å². The first kappa shape index (κ1) is 14.3. The van der Waals surface area contributed by atoms with Gasteiger partial charge in [-0.1, -0.05) is 19.3 Å². The number of benzene rings is 1. The lowest BCUT2D eigenvalue weighted by Crippen LogP contribution is -2.38. The van der Waals surface area contributed by atoms with Crippen LogP contribution in [-0.2, 0) is 0 Å². The van der Waals surface area contributed by atoms with Crippen LogP contribution in [-0.4, -0.2) is 22.2 Å². The third-order valence-corrected chi connectivity index (χ3v) is 3.71. The summed E-state index contributed by atoms with van der Waals surface area (Å²) in [5, 5.41) is 33.2. The van der Waals surface area contributed by atoms with Crippen LogP contribution in [0.1, 0.15) is 37.7 Å². The van der Waals surface area contributed by atoms with Crippen molar-refractivity contribution in [3.8, 4) is 6.07 Å². The van der Waals surface area contributed by atoms with Gasteiger partial charge in [-0.15, -0.1) is 0 Å². The van der Waals surface area contributed by atoms with Gasteiger partial charge in [-0.3, -0.25) is 10.1 Å².